The van der Waals surface area contributed by atoms with Gasteiger partial charge in [0.25, 0.3) is 0 Å². The number of ether oxygens (including phenoxy) is 1. The van der Waals surface area contributed by atoms with Gasteiger partial charge in [0.1, 0.15) is 18.2 Å². The molecule has 0 bridgehead atoms. The van der Waals surface area contributed by atoms with Crippen molar-refractivity contribution in [2.75, 3.05) is 24.3 Å². The maximum Gasteiger partial charge on any atom is 0.158 e. The number of thiophene rings is 1. The molecule has 0 aromatic carbocycles. The Labute approximate surface area is 123 Å². The van der Waals surface area contributed by atoms with Crippen molar-refractivity contribution in [3.05, 3.63) is 34.3 Å². The summed E-state index contributed by atoms with van der Waals surface area (Å²) in [6.07, 6.45) is 1.06. The number of hydrogen-bond donors (Lipinski definition) is 2. The minimum atomic E-state index is 0.412. The van der Waals surface area contributed by atoms with E-state index >= 15 is 0 Å². The van der Waals surface area contributed by atoms with Gasteiger partial charge in [-0.05, 0) is 17.9 Å². The third-order valence-corrected chi connectivity index (χ3v) is 3.50. The maximum absolute atomic E-state index is 5.11. The van der Waals surface area contributed by atoms with Crippen molar-refractivity contribution >= 4 is 23.0 Å². The van der Waals surface area contributed by atoms with E-state index in [1.807, 2.05) is 12.1 Å². The molecular weight excluding hydrogens is 272 g/mol. The molecule has 0 saturated heterocycles. The fraction of sp³-hybridized carbons (Fsp3) is 0.429. The Morgan fingerprint density at radius 3 is 2.70 bits per heavy atom. The molecule has 2 aromatic heterocycles. The summed E-state index contributed by atoms with van der Waals surface area (Å²) in [5, 5.41) is 8.68. The first-order chi connectivity index (χ1) is 9.81. The average molecular weight is 292 g/mol. The van der Waals surface area contributed by atoms with E-state index in [4.69, 9.17) is 4.74 Å². The van der Waals surface area contributed by atoms with Crippen LogP contribution in [0, 0.1) is 0 Å². The lowest BCUT2D eigenvalue weighted by atomic mass is 10.4. The Bertz CT molecular complexity index is 516. The second-order valence-corrected chi connectivity index (χ2v) is 5.38. The van der Waals surface area contributed by atoms with Gasteiger partial charge in [0.2, 0.25) is 0 Å². The summed E-state index contributed by atoms with van der Waals surface area (Å²) in [6, 6.07) is 6.08. The normalized spacial score (nSPS) is 10.5. The summed E-state index contributed by atoms with van der Waals surface area (Å²) in [4.78, 5) is 10.1. The van der Waals surface area contributed by atoms with Crippen LogP contribution in [0.3, 0.4) is 0 Å². The van der Waals surface area contributed by atoms with E-state index in [2.05, 4.69) is 39.0 Å². The predicted octanol–water partition coefficient (Wildman–Crippen LogP) is 3.12. The van der Waals surface area contributed by atoms with E-state index < -0.39 is 0 Å². The van der Waals surface area contributed by atoms with Gasteiger partial charge in [-0.3, -0.25) is 0 Å². The Kier molecular flexibility index (Phi) is 5.76. The van der Waals surface area contributed by atoms with E-state index in [9.17, 15) is 0 Å². The minimum absolute atomic E-state index is 0.412. The zero-order valence-corrected chi connectivity index (χ0v) is 12.7. The van der Waals surface area contributed by atoms with E-state index in [0.717, 1.165) is 31.1 Å². The van der Waals surface area contributed by atoms with Crippen LogP contribution in [0.4, 0.5) is 11.6 Å². The standard InChI is InChI=1S/C14H20N4OS/c1-3-6-15-12-8-13(18-14(17-12)10-19-2)16-9-11-5-4-7-20-11/h4-5,7-8H,3,6,9-10H2,1-2H3,(H2,15,16,17,18). The van der Waals surface area contributed by atoms with Crippen LogP contribution >= 0.6 is 11.3 Å². The molecule has 5 nitrogen and oxygen atoms in total. The Morgan fingerprint density at radius 2 is 2.05 bits per heavy atom. The van der Waals surface area contributed by atoms with E-state index in [0.29, 0.717) is 12.4 Å². The highest BCUT2D eigenvalue weighted by atomic mass is 32.1. The van der Waals surface area contributed by atoms with Crippen molar-refractivity contribution < 1.29 is 4.74 Å². The molecule has 2 N–H and O–H groups in total. The van der Waals surface area contributed by atoms with Gasteiger partial charge in [0.05, 0.1) is 6.54 Å². The summed E-state index contributed by atoms with van der Waals surface area (Å²) in [6.45, 7) is 4.21. The molecule has 0 aliphatic carbocycles. The quantitative estimate of drug-likeness (QED) is 0.783. The molecule has 0 atom stereocenters. The predicted molar refractivity (Wildman–Crippen MR) is 83.2 cm³/mol. The molecule has 0 saturated carbocycles. The zero-order chi connectivity index (χ0) is 14.2. The van der Waals surface area contributed by atoms with E-state index in [1.165, 1.54) is 4.88 Å². The van der Waals surface area contributed by atoms with Gasteiger partial charge in [-0.2, -0.15) is 0 Å². The van der Waals surface area contributed by atoms with E-state index in [-0.39, 0.29) is 0 Å². The summed E-state index contributed by atoms with van der Waals surface area (Å²) in [5.74, 6) is 2.34. The molecule has 0 spiro atoms. The number of hydrogen-bond acceptors (Lipinski definition) is 6. The van der Waals surface area contributed by atoms with E-state index in [1.54, 1.807) is 18.4 Å². The maximum atomic E-state index is 5.11. The van der Waals surface area contributed by atoms with Crippen LogP contribution in [-0.4, -0.2) is 23.6 Å². The highest BCUT2D eigenvalue weighted by Crippen LogP contribution is 2.15. The van der Waals surface area contributed by atoms with Crippen LogP contribution in [0.1, 0.15) is 24.0 Å². The second kappa shape index (κ2) is 7.81. The van der Waals surface area contributed by atoms with Gasteiger partial charge in [0.15, 0.2) is 5.82 Å². The molecule has 2 aromatic rings. The smallest absolute Gasteiger partial charge is 0.158 e. The van der Waals surface area contributed by atoms with Gasteiger partial charge in [-0.1, -0.05) is 13.0 Å². The first-order valence-electron chi connectivity index (χ1n) is 6.69. The van der Waals surface area contributed by atoms with Gasteiger partial charge in [-0.25, -0.2) is 9.97 Å². The Hall–Kier alpha value is -1.66. The van der Waals surface area contributed by atoms with Crippen molar-refractivity contribution in [1.29, 1.82) is 0 Å². The Balaban J connectivity index is 2.06. The highest BCUT2D eigenvalue weighted by molar-refractivity contribution is 7.09. The summed E-state index contributed by atoms with van der Waals surface area (Å²) < 4.78 is 5.11. The number of aromatic nitrogens is 2. The van der Waals surface area contributed by atoms with Gasteiger partial charge >= 0.3 is 0 Å². The lowest BCUT2D eigenvalue weighted by Gasteiger charge is -2.10. The van der Waals surface area contributed by atoms with Crippen LogP contribution in [-0.2, 0) is 17.9 Å². The van der Waals surface area contributed by atoms with Gasteiger partial charge < -0.3 is 15.4 Å². The van der Waals surface area contributed by atoms with Crippen LogP contribution in [0.15, 0.2) is 23.6 Å². The van der Waals surface area contributed by atoms with Crippen molar-refractivity contribution in [3.8, 4) is 0 Å². The molecule has 0 fully saturated rings. The van der Waals surface area contributed by atoms with Crippen LogP contribution < -0.4 is 10.6 Å². The highest BCUT2D eigenvalue weighted by Gasteiger charge is 2.04. The monoisotopic (exact) mass is 292 g/mol. The molecule has 0 amide bonds. The molecule has 20 heavy (non-hydrogen) atoms. The summed E-state index contributed by atoms with van der Waals surface area (Å²) >= 11 is 1.73. The van der Waals surface area contributed by atoms with Gasteiger partial charge in [0, 0.05) is 24.6 Å². The molecule has 108 valence electrons. The molecule has 0 radical (unpaired) electrons. The molecule has 2 rings (SSSR count). The van der Waals surface area contributed by atoms with Crippen molar-refractivity contribution in [2.24, 2.45) is 0 Å². The van der Waals surface area contributed by atoms with Crippen LogP contribution in [0.25, 0.3) is 0 Å². The lowest BCUT2D eigenvalue weighted by molar-refractivity contribution is 0.178. The third kappa shape index (κ3) is 4.47. The van der Waals surface area contributed by atoms with Crippen molar-refractivity contribution in [1.82, 2.24) is 9.97 Å². The fourth-order valence-corrected chi connectivity index (χ4v) is 2.36. The number of nitrogens with zero attached hydrogens (tertiary/aromatic N) is 2. The summed E-state index contributed by atoms with van der Waals surface area (Å²) in [7, 11) is 1.65. The first kappa shape index (κ1) is 14.7. The van der Waals surface area contributed by atoms with Crippen molar-refractivity contribution in [3.63, 3.8) is 0 Å². The topological polar surface area (TPSA) is 59.1 Å². The number of rotatable bonds is 8. The first-order valence-corrected chi connectivity index (χ1v) is 7.56. The number of nitrogens with one attached hydrogen (secondary N) is 2. The SMILES string of the molecule is CCCNc1cc(NCc2cccs2)nc(COC)n1. The third-order valence-electron chi connectivity index (χ3n) is 2.63. The summed E-state index contributed by atoms with van der Waals surface area (Å²) in [5.41, 5.74) is 0. The van der Waals surface area contributed by atoms with Gasteiger partial charge in [-0.15, -0.1) is 11.3 Å². The zero-order valence-electron chi connectivity index (χ0n) is 11.8. The molecule has 6 heteroatoms. The molecule has 0 aliphatic heterocycles. The average Bonchev–Trinajstić information content (AvgIpc) is 2.96. The Morgan fingerprint density at radius 1 is 1.25 bits per heavy atom. The number of anilines is 2. The minimum Gasteiger partial charge on any atom is -0.377 e. The van der Waals surface area contributed by atoms with Crippen LogP contribution in [0.2, 0.25) is 0 Å². The van der Waals surface area contributed by atoms with Crippen LogP contribution in [0.5, 0.6) is 0 Å². The number of methoxy groups -OCH3 is 1. The molecule has 0 aliphatic rings. The largest absolute Gasteiger partial charge is 0.377 e. The molecular formula is C14H20N4OS. The molecule has 0 unspecified atom stereocenters. The molecule has 2 heterocycles. The fourth-order valence-electron chi connectivity index (χ4n) is 1.72. The second-order valence-electron chi connectivity index (χ2n) is 4.35. The van der Waals surface area contributed by atoms with Crippen molar-refractivity contribution in [2.45, 2.75) is 26.5 Å². The lowest BCUT2D eigenvalue weighted by Crippen LogP contribution is -2.09.